The fourth-order valence-corrected chi connectivity index (χ4v) is 4.12. The number of rotatable bonds is 5. The summed E-state index contributed by atoms with van der Waals surface area (Å²) in [7, 11) is 0. The van der Waals surface area contributed by atoms with Gasteiger partial charge in [0.05, 0.1) is 10.2 Å². The number of hydrogen-bond acceptors (Lipinski definition) is 4. The van der Waals surface area contributed by atoms with Crippen molar-refractivity contribution in [2.24, 2.45) is 5.92 Å². The van der Waals surface area contributed by atoms with Crippen molar-refractivity contribution in [2.75, 3.05) is 38.0 Å². The maximum Gasteiger partial charge on any atom is 0.323 e. The summed E-state index contributed by atoms with van der Waals surface area (Å²) < 4.78 is 1.10. The van der Waals surface area contributed by atoms with E-state index in [0.29, 0.717) is 11.0 Å². The fourth-order valence-electron chi connectivity index (χ4n) is 3.26. The summed E-state index contributed by atoms with van der Waals surface area (Å²) in [6.45, 7) is 9.46. The first-order chi connectivity index (χ1) is 11.7. The number of aromatic nitrogens is 1. The van der Waals surface area contributed by atoms with Gasteiger partial charge in [0.1, 0.15) is 0 Å². The number of amides is 2. The van der Waals surface area contributed by atoms with Crippen LogP contribution in [0.2, 0.25) is 0 Å². The van der Waals surface area contributed by atoms with Crippen molar-refractivity contribution >= 4 is 32.7 Å². The summed E-state index contributed by atoms with van der Waals surface area (Å²) in [6.07, 6.45) is 2.17. The van der Waals surface area contributed by atoms with E-state index in [1.807, 2.05) is 29.2 Å². The number of nitrogens with one attached hydrogen (secondary N) is 1. The van der Waals surface area contributed by atoms with Crippen molar-refractivity contribution in [1.29, 1.82) is 0 Å². The minimum Gasteiger partial charge on any atom is -0.324 e. The number of piperidine rings is 1. The molecule has 0 radical (unpaired) electrons. The molecule has 0 atom stereocenters. The van der Waals surface area contributed by atoms with E-state index >= 15 is 0 Å². The molecule has 24 heavy (non-hydrogen) atoms. The number of thiazole rings is 1. The molecule has 1 aromatic carbocycles. The van der Waals surface area contributed by atoms with Crippen LogP contribution in [-0.4, -0.2) is 53.5 Å². The zero-order chi connectivity index (χ0) is 16.9. The smallest absolute Gasteiger partial charge is 0.323 e. The largest absolute Gasteiger partial charge is 0.324 e. The molecule has 2 heterocycles. The quantitative estimate of drug-likeness (QED) is 0.894. The molecular formula is C18H26N4OS. The molecule has 1 aromatic heterocycles. The van der Waals surface area contributed by atoms with E-state index in [-0.39, 0.29) is 6.03 Å². The van der Waals surface area contributed by atoms with Gasteiger partial charge in [-0.1, -0.05) is 37.3 Å². The van der Waals surface area contributed by atoms with E-state index in [1.165, 1.54) is 11.3 Å². The summed E-state index contributed by atoms with van der Waals surface area (Å²) in [5, 5.41) is 3.65. The number of nitrogens with zero attached hydrogens (tertiary/aromatic N) is 3. The zero-order valence-electron chi connectivity index (χ0n) is 14.5. The van der Waals surface area contributed by atoms with Crippen LogP contribution in [0.1, 0.15) is 26.7 Å². The maximum atomic E-state index is 12.5. The first-order valence-electron chi connectivity index (χ1n) is 8.83. The minimum atomic E-state index is -0.0182. The fraction of sp³-hybridized carbons (Fsp3) is 0.556. The number of anilines is 1. The van der Waals surface area contributed by atoms with Gasteiger partial charge >= 0.3 is 6.03 Å². The van der Waals surface area contributed by atoms with Gasteiger partial charge in [0.2, 0.25) is 0 Å². The van der Waals surface area contributed by atoms with Crippen LogP contribution < -0.4 is 5.32 Å². The highest BCUT2D eigenvalue weighted by Crippen LogP contribution is 2.26. The zero-order valence-corrected chi connectivity index (χ0v) is 15.3. The summed E-state index contributed by atoms with van der Waals surface area (Å²) in [4.78, 5) is 21.3. The molecule has 1 saturated heterocycles. The van der Waals surface area contributed by atoms with Crippen LogP contribution in [0.15, 0.2) is 24.3 Å². The molecule has 5 nitrogen and oxygen atoms in total. The van der Waals surface area contributed by atoms with Crippen LogP contribution in [0.25, 0.3) is 10.2 Å². The molecular weight excluding hydrogens is 320 g/mol. The summed E-state index contributed by atoms with van der Waals surface area (Å²) in [5.74, 6) is 0.705. The molecule has 0 spiro atoms. The lowest BCUT2D eigenvalue weighted by Gasteiger charge is -2.34. The third kappa shape index (κ3) is 4.05. The molecule has 0 bridgehead atoms. The normalized spacial score (nSPS) is 16.0. The van der Waals surface area contributed by atoms with E-state index < -0.39 is 0 Å². The van der Waals surface area contributed by atoms with Gasteiger partial charge < -0.3 is 9.80 Å². The second kappa shape index (κ2) is 7.94. The number of carbonyl (C=O) groups is 1. The van der Waals surface area contributed by atoms with Crippen molar-refractivity contribution in [1.82, 2.24) is 14.8 Å². The van der Waals surface area contributed by atoms with Crippen molar-refractivity contribution in [3.63, 3.8) is 0 Å². The van der Waals surface area contributed by atoms with Crippen LogP contribution in [0.3, 0.4) is 0 Å². The molecule has 1 fully saturated rings. The number of hydrogen-bond donors (Lipinski definition) is 1. The highest BCUT2D eigenvalue weighted by Gasteiger charge is 2.24. The molecule has 2 amide bonds. The Morgan fingerprint density at radius 1 is 1.29 bits per heavy atom. The van der Waals surface area contributed by atoms with Gasteiger partial charge in [0, 0.05) is 19.6 Å². The number of carbonyl (C=O) groups excluding carboxylic acids is 1. The number of fused-ring (bicyclic) bond motifs is 1. The van der Waals surface area contributed by atoms with Crippen LogP contribution in [-0.2, 0) is 0 Å². The van der Waals surface area contributed by atoms with Gasteiger partial charge in [-0.05, 0) is 44.0 Å². The Bertz CT molecular complexity index is 641. The Kier molecular flexibility index (Phi) is 5.68. The van der Waals surface area contributed by atoms with Crippen LogP contribution in [0.4, 0.5) is 9.93 Å². The summed E-state index contributed by atoms with van der Waals surface area (Å²) in [6, 6.07) is 7.94. The third-order valence-electron chi connectivity index (χ3n) is 4.82. The molecule has 0 aliphatic carbocycles. The molecule has 6 heteroatoms. The standard InChI is InChI=1S/C18H26N4OS/c1-3-21(4-2)13-14-9-11-22(12-10-14)18(23)20-17-19-15-7-5-6-8-16(15)24-17/h5-8,14H,3-4,9-13H2,1-2H3,(H,19,20,23). The lowest BCUT2D eigenvalue weighted by atomic mass is 9.96. The second-order valence-corrected chi connectivity index (χ2v) is 7.36. The Hall–Kier alpha value is -1.66. The Morgan fingerprint density at radius 3 is 2.67 bits per heavy atom. The lowest BCUT2D eigenvalue weighted by Crippen LogP contribution is -2.43. The van der Waals surface area contributed by atoms with Gasteiger partial charge in [-0.25, -0.2) is 9.78 Å². The molecule has 1 aliphatic heterocycles. The summed E-state index contributed by atoms with van der Waals surface area (Å²) in [5.41, 5.74) is 0.940. The third-order valence-corrected chi connectivity index (χ3v) is 5.77. The number of urea groups is 1. The lowest BCUT2D eigenvalue weighted by molar-refractivity contribution is 0.158. The monoisotopic (exact) mass is 346 g/mol. The SMILES string of the molecule is CCN(CC)CC1CCN(C(=O)Nc2nc3ccccc3s2)CC1. The Labute approximate surface area is 147 Å². The minimum absolute atomic E-state index is 0.0182. The van der Waals surface area contributed by atoms with Crippen molar-refractivity contribution in [3.05, 3.63) is 24.3 Å². The van der Waals surface area contributed by atoms with E-state index in [4.69, 9.17) is 0 Å². The molecule has 0 saturated carbocycles. The van der Waals surface area contributed by atoms with Gasteiger partial charge in [-0.2, -0.15) is 0 Å². The van der Waals surface area contributed by atoms with Crippen molar-refractivity contribution in [3.8, 4) is 0 Å². The van der Waals surface area contributed by atoms with Crippen molar-refractivity contribution in [2.45, 2.75) is 26.7 Å². The molecule has 130 valence electrons. The molecule has 2 aromatic rings. The van der Waals surface area contributed by atoms with E-state index in [0.717, 1.165) is 55.8 Å². The first-order valence-corrected chi connectivity index (χ1v) is 9.65. The van der Waals surface area contributed by atoms with Crippen molar-refractivity contribution < 1.29 is 4.79 Å². The van der Waals surface area contributed by atoms with Crippen LogP contribution in [0, 0.1) is 5.92 Å². The molecule has 1 aliphatic rings. The molecule has 1 N–H and O–H groups in total. The van der Waals surface area contributed by atoms with Crippen LogP contribution in [0.5, 0.6) is 0 Å². The van der Waals surface area contributed by atoms with E-state index in [2.05, 4.69) is 29.0 Å². The molecule has 3 rings (SSSR count). The number of para-hydroxylation sites is 1. The second-order valence-electron chi connectivity index (χ2n) is 6.33. The first kappa shape index (κ1) is 17.2. The van der Waals surface area contributed by atoms with Crippen LogP contribution >= 0.6 is 11.3 Å². The van der Waals surface area contributed by atoms with Gasteiger partial charge in [0.25, 0.3) is 0 Å². The predicted octanol–water partition coefficient (Wildman–Crippen LogP) is 3.88. The number of likely N-dealkylation sites (tertiary alicyclic amines) is 1. The number of benzene rings is 1. The van der Waals surface area contributed by atoms with E-state index in [9.17, 15) is 4.79 Å². The highest BCUT2D eigenvalue weighted by atomic mass is 32.1. The highest BCUT2D eigenvalue weighted by molar-refractivity contribution is 7.22. The van der Waals surface area contributed by atoms with Gasteiger partial charge in [-0.3, -0.25) is 5.32 Å². The van der Waals surface area contributed by atoms with Gasteiger partial charge in [0.15, 0.2) is 5.13 Å². The summed E-state index contributed by atoms with van der Waals surface area (Å²) >= 11 is 1.53. The Balaban J connectivity index is 1.51. The predicted molar refractivity (Wildman–Crippen MR) is 101 cm³/mol. The Morgan fingerprint density at radius 2 is 2.00 bits per heavy atom. The molecule has 0 unspecified atom stereocenters. The topological polar surface area (TPSA) is 48.5 Å². The maximum absolute atomic E-state index is 12.5. The average molecular weight is 347 g/mol. The average Bonchev–Trinajstić information content (AvgIpc) is 3.02. The van der Waals surface area contributed by atoms with E-state index in [1.54, 1.807) is 0 Å². The van der Waals surface area contributed by atoms with Gasteiger partial charge in [-0.15, -0.1) is 0 Å².